The van der Waals surface area contributed by atoms with Crippen molar-refractivity contribution in [1.29, 1.82) is 0 Å². The van der Waals surface area contributed by atoms with Crippen LogP contribution in [0.1, 0.15) is 15.9 Å². The van der Waals surface area contributed by atoms with Crippen molar-refractivity contribution in [3.8, 4) is 23.0 Å². The second kappa shape index (κ2) is 9.28. The average Bonchev–Trinajstić information content (AvgIpc) is 2.69. The minimum atomic E-state index is -1.16. The van der Waals surface area contributed by atoms with Crippen molar-refractivity contribution < 1.29 is 33.6 Å². The Bertz CT molecular complexity index is 838. The molecule has 7 heteroatoms. The van der Waals surface area contributed by atoms with E-state index in [1.165, 1.54) is 32.4 Å². The molecular weight excluding hydrogens is 352 g/mol. The summed E-state index contributed by atoms with van der Waals surface area (Å²) >= 11 is 0. The highest BCUT2D eigenvalue weighted by molar-refractivity contribution is 6.10. The Morgan fingerprint density at radius 1 is 0.926 bits per heavy atom. The largest absolute Gasteiger partial charge is 0.497 e. The minimum absolute atomic E-state index is 0.0676. The number of carboxylic acids is 1. The molecule has 0 spiro atoms. The summed E-state index contributed by atoms with van der Waals surface area (Å²) in [6.07, 6.45) is 2.99. The maximum Gasteiger partial charge on any atom is 0.341 e. The molecule has 0 aromatic heterocycles. The summed E-state index contributed by atoms with van der Waals surface area (Å²) in [6, 6.07) is 10.1. The summed E-state index contributed by atoms with van der Waals surface area (Å²) in [6.45, 7) is -0.598. The van der Waals surface area contributed by atoms with Gasteiger partial charge in [0, 0.05) is 12.1 Å². The lowest BCUT2D eigenvalue weighted by Gasteiger charge is -2.14. The van der Waals surface area contributed by atoms with E-state index < -0.39 is 18.4 Å². The predicted molar refractivity (Wildman–Crippen MR) is 99.0 cm³/mol. The average molecular weight is 372 g/mol. The van der Waals surface area contributed by atoms with E-state index in [1.807, 2.05) is 0 Å². The quantitative estimate of drug-likeness (QED) is 0.534. The van der Waals surface area contributed by atoms with Gasteiger partial charge in [0.05, 0.1) is 21.3 Å². The van der Waals surface area contributed by atoms with Crippen LogP contribution in [-0.2, 0) is 4.79 Å². The van der Waals surface area contributed by atoms with Crippen molar-refractivity contribution in [2.75, 3.05) is 27.9 Å². The molecule has 2 rings (SSSR count). The summed E-state index contributed by atoms with van der Waals surface area (Å²) in [4.78, 5) is 23.6. The topological polar surface area (TPSA) is 91.3 Å². The molecule has 0 atom stereocenters. The number of ketones is 1. The van der Waals surface area contributed by atoms with Crippen molar-refractivity contribution in [3.63, 3.8) is 0 Å². The fourth-order valence-corrected chi connectivity index (χ4v) is 2.31. The van der Waals surface area contributed by atoms with E-state index >= 15 is 0 Å². The van der Waals surface area contributed by atoms with E-state index in [1.54, 1.807) is 37.5 Å². The second-order valence-corrected chi connectivity index (χ2v) is 5.36. The van der Waals surface area contributed by atoms with Crippen molar-refractivity contribution in [2.45, 2.75) is 0 Å². The molecule has 142 valence electrons. The Labute approximate surface area is 156 Å². The zero-order valence-corrected chi connectivity index (χ0v) is 15.2. The zero-order valence-electron chi connectivity index (χ0n) is 15.2. The van der Waals surface area contributed by atoms with Crippen molar-refractivity contribution in [3.05, 3.63) is 53.6 Å². The number of carboxylic acid groups (broad SMARTS) is 1. The molecule has 0 unspecified atom stereocenters. The third-order valence-corrected chi connectivity index (χ3v) is 3.64. The minimum Gasteiger partial charge on any atom is -0.497 e. The van der Waals surface area contributed by atoms with Gasteiger partial charge in [-0.05, 0) is 23.8 Å². The van der Waals surface area contributed by atoms with Crippen LogP contribution >= 0.6 is 0 Å². The number of ether oxygens (including phenoxy) is 4. The van der Waals surface area contributed by atoms with Crippen LogP contribution in [0.5, 0.6) is 23.0 Å². The number of hydrogen-bond donors (Lipinski definition) is 1. The molecule has 0 amide bonds. The fourth-order valence-electron chi connectivity index (χ4n) is 2.31. The summed E-state index contributed by atoms with van der Waals surface area (Å²) < 4.78 is 20.8. The predicted octanol–water partition coefficient (Wildman–Crippen LogP) is 3.07. The van der Waals surface area contributed by atoms with Gasteiger partial charge < -0.3 is 24.1 Å². The van der Waals surface area contributed by atoms with E-state index in [0.29, 0.717) is 11.5 Å². The van der Waals surface area contributed by atoms with E-state index in [9.17, 15) is 9.59 Å². The molecule has 1 N–H and O–H groups in total. The number of carbonyl (C=O) groups excluding carboxylic acids is 1. The summed E-state index contributed by atoms with van der Waals surface area (Å²) in [5.74, 6) is -0.186. The van der Waals surface area contributed by atoms with Crippen LogP contribution < -0.4 is 18.9 Å². The number of hydrogen-bond acceptors (Lipinski definition) is 6. The SMILES string of the molecule is COc1ccc(C=CC(=O)c2c(OC)cc(OC)cc2OCC(=O)O)cc1. The first-order valence-corrected chi connectivity index (χ1v) is 7.95. The van der Waals surface area contributed by atoms with Gasteiger partial charge >= 0.3 is 5.97 Å². The molecule has 2 aromatic rings. The smallest absolute Gasteiger partial charge is 0.341 e. The Morgan fingerprint density at radius 2 is 1.56 bits per heavy atom. The first kappa shape index (κ1) is 19.8. The normalized spacial score (nSPS) is 10.5. The molecule has 0 saturated heterocycles. The van der Waals surface area contributed by atoms with Crippen LogP contribution in [0.4, 0.5) is 0 Å². The van der Waals surface area contributed by atoms with E-state index in [4.69, 9.17) is 24.1 Å². The monoisotopic (exact) mass is 372 g/mol. The summed E-state index contributed by atoms with van der Waals surface area (Å²) in [5.41, 5.74) is 0.911. The molecule has 2 aromatic carbocycles. The van der Waals surface area contributed by atoms with Gasteiger partial charge in [-0.15, -0.1) is 0 Å². The lowest BCUT2D eigenvalue weighted by Crippen LogP contribution is -2.12. The fraction of sp³-hybridized carbons (Fsp3) is 0.200. The molecule has 0 radical (unpaired) electrons. The standard InChI is InChI=1S/C20H20O7/c1-24-14-7-4-13(5-8-14)6-9-16(21)20-17(26-3)10-15(25-2)11-18(20)27-12-19(22)23/h4-11H,12H2,1-3H3,(H,22,23). The molecule has 0 heterocycles. The van der Waals surface area contributed by atoms with Crippen LogP contribution in [0, 0.1) is 0 Å². The van der Waals surface area contributed by atoms with Gasteiger partial charge in [-0.1, -0.05) is 18.2 Å². The lowest BCUT2D eigenvalue weighted by molar-refractivity contribution is -0.139. The van der Waals surface area contributed by atoms with Gasteiger partial charge in [0.1, 0.15) is 28.6 Å². The van der Waals surface area contributed by atoms with Crippen LogP contribution in [0.3, 0.4) is 0 Å². The molecule has 0 aliphatic heterocycles. The Kier molecular flexibility index (Phi) is 6.82. The third kappa shape index (κ3) is 5.24. The highest BCUT2D eigenvalue weighted by Gasteiger charge is 2.19. The number of benzene rings is 2. The molecule has 0 aliphatic carbocycles. The highest BCUT2D eigenvalue weighted by atomic mass is 16.5. The number of carbonyl (C=O) groups is 2. The molecule has 0 fully saturated rings. The first-order valence-electron chi connectivity index (χ1n) is 7.95. The zero-order chi connectivity index (χ0) is 19.8. The van der Waals surface area contributed by atoms with Gasteiger partial charge in [-0.2, -0.15) is 0 Å². The number of allylic oxidation sites excluding steroid dienone is 1. The van der Waals surface area contributed by atoms with Gasteiger partial charge in [-0.3, -0.25) is 4.79 Å². The molecule has 0 aliphatic rings. The Morgan fingerprint density at radius 3 is 2.11 bits per heavy atom. The second-order valence-electron chi connectivity index (χ2n) is 5.36. The number of rotatable bonds is 9. The molecule has 0 bridgehead atoms. The molecular formula is C20H20O7. The van der Waals surface area contributed by atoms with E-state index in [2.05, 4.69) is 0 Å². The lowest BCUT2D eigenvalue weighted by atomic mass is 10.1. The van der Waals surface area contributed by atoms with Crippen molar-refractivity contribution in [2.24, 2.45) is 0 Å². The van der Waals surface area contributed by atoms with Crippen LogP contribution in [0.25, 0.3) is 6.08 Å². The summed E-state index contributed by atoms with van der Waals surface area (Å²) in [5, 5.41) is 8.86. The van der Waals surface area contributed by atoms with Crippen LogP contribution in [0.15, 0.2) is 42.5 Å². The van der Waals surface area contributed by atoms with E-state index in [0.717, 1.165) is 5.56 Å². The Balaban J connectivity index is 2.36. The van der Waals surface area contributed by atoms with Gasteiger partial charge in [0.2, 0.25) is 0 Å². The molecule has 7 nitrogen and oxygen atoms in total. The maximum atomic E-state index is 12.7. The van der Waals surface area contributed by atoms with Gasteiger partial charge in [0.15, 0.2) is 12.4 Å². The van der Waals surface area contributed by atoms with Crippen molar-refractivity contribution in [1.82, 2.24) is 0 Å². The third-order valence-electron chi connectivity index (χ3n) is 3.64. The molecule has 0 saturated carbocycles. The van der Waals surface area contributed by atoms with Crippen LogP contribution in [0.2, 0.25) is 0 Å². The Hall–Kier alpha value is -3.48. The van der Waals surface area contributed by atoms with Crippen LogP contribution in [-0.4, -0.2) is 44.8 Å². The van der Waals surface area contributed by atoms with Crippen molar-refractivity contribution >= 4 is 17.8 Å². The molecule has 27 heavy (non-hydrogen) atoms. The number of methoxy groups -OCH3 is 3. The van der Waals surface area contributed by atoms with E-state index in [-0.39, 0.29) is 17.1 Å². The van der Waals surface area contributed by atoms with Gasteiger partial charge in [0.25, 0.3) is 0 Å². The maximum absolute atomic E-state index is 12.7. The first-order chi connectivity index (χ1) is 13.0. The van der Waals surface area contributed by atoms with Gasteiger partial charge in [-0.25, -0.2) is 4.79 Å². The summed E-state index contributed by atoms with van der Waals surface area (Å²) in [7, 11) is 4.42. The number of aliphatic carboxylic acids is 1. The highest BCUT2D eigenvalue weighted by Crippen LogP contribution is 2.35.